The van der Waals surface area contributed by atoms with E-state index in [0.29, 0.717) is 5.02 Å². The van der Waals surface area contributed by atoms with E-state index in [9.17, 15) is 4.39 Å². The fourth-order valence-electron chi connectivity index (χ4n) is 1.75. The second kappa shape index (κ2) is 4.96. The highest BCUT2D eigenvalue weighted by atomic mass is 35.5. The Labute approximate surface area is 94.1 Å². The van der Waals surface area contributed by atoms with Gasteiger partial charge in [0, 0.05) is 11.1 Å². The summed E-state index contributed by atoms with van der Waals surface area (Å²) >= 11 is 5.76. The standard InChI is InChI=1S/C10H11ClFN.ClH/c11-8-4-7(5-9(12)6-8)10-2-1-3-13-10;/h4-6,10,13H,1-3H2;1H. The first kappa shape index (κ1) is 11.8. The molecule has 0 aromatic heterocycles. The highest BCUT2D eigenvalue weighted by Gasteiger charge is 2.16. The van der Waals surface area contributed by atoms with Crippen molar-refractivity contribution in [2.45, 2.75) is 18.9 Å². The van der Waals surface area contributed by atoms with Crippen molar-refractivity contribution in [2.24, 2.45) is 0 Å². The maximum Gasteiger partial charge on any atom is 0.125 e. The molecule has 1 saturated heterocycles. The molecule has 1 aliphatic heterocycles. The summed E-state index contributed by atoms with van der Waals surface area (Å²) in [6.45, 7) is 1.01. The summed E-state index contributed by atoms with van der Waals surface area (Å²) in [7, 11) is 0. The van der Waals surface area contributed by atoms with Crippen LogP contribution in [0.4, 0.5) is 4.39 Å². The van der Waals surface area contributed by atoms with Crippen LogP contribution in [0.15, 0.2) is 18.2 Å². The molecule has 1 aromatic rings. The van der Waals surface area contributed by atoms with Gasteiger partial charge in [0.1, 0.15) is 5.82 Å². The third-order valence-electron chi connectivity index (χ3n) is 2.35. The molecule has 1 unspecified atom stereocenters. The number of halogens is 3. The molecule has 1 N–H and O–H groups in total. The number of nitrogens with one attached hydrogen (secondary N) is 1. The number of rotatable bonds is 1. The van der Waals surface area contributed by atoms with Gasteiger partial charge < -0.3 is 5.32 Å². The van der Waals surface area contributed by atoms with Crippen LogP contribution in [0.3, 0.4) is 0 Å². The molecule has 1 atom stereocenters. The molecule has 78 valence electrons. The fourth-order valence-corrected chi connectivity index (χ4v) is 1.98. The second-order valence-electron chi connectivity index (χ2n) is 3.35. The first-order chi connectivity index (χ1) is 6.25. The minimum atomic E-state index is -0.254. The van der Waals surface area contributed by atoms with Crippen molar-refractivity contribution >= 4 is 24.0 Å². The number of hydrogen-bond donors (Lipinski definition) is 1. The molecule has 1 aliphatic rings. The van der Waals surface area contributed by atoms with Crippen molar-refractivity contribution < 1.29 is 4.39 Å². The minimum Gasteiger partial charge on any atom is -0.310 e. The molecule has 1 heterocycles. The zero-order chi connectivity index (χ0) is 9.26. The van der Waals surface area contributed by atoms with Gasteiger partial charge >= 0.3 is 0 Å². The van der Waals surface area contributed by atoms with Crippen molar-refractivity contribution in [3.8, 4) is 0 Å². The second-order valence-corrected chi connectivity index (χ2v) is 3.79. The summed E-state index contributed by atoms with van der Waals surface area (Å²) in [4.78, 5) is 0. The zero-order valence-electron chi connectivity index (χ0n) is 7.59. The van der Waals surface area contributed by atoms with E-state index >= 15 is 0 Å². The van der Waals surface area contributed by atoms with Gasteiger partial charge in [-0.05, 0) is 43.1 Å². The van der Waals surface area contributed by atoms with Gasteiger partial charge in [0.05, 0.1) is 0 Å². The molecule has 1 fully saturated rings. The van der Waals surface area contributed by atoms with Crippen LogP contribution in [0.25, 0.3) is 0 Å². The van der Waals surface area contributed by atoms with Crippen LogP contribution in [0, 0.1) is 5.82 Å². The monoisotopic (exact) mass is 235 g/mol. The highest BCUT2D eigenvalue weighted by molar-refractivity contribution is 6.30. The molecule has 0 radical (unpaired) electrons. The highest BCUT2D eigenvalue weighted by Crippen LogP contribution is 2.25. The van der Waals surface area contributed by atoms with Gasteiger partial charge in [-0.15, -0.1) is 12.4 Å². The van der Waals surface area contributed by atoms with E-state index in [1.807, 2.05) is 6.07 Å². The summed E-state index contributed by atoms with van der Waals surface area (Å²) in [5.74, 6) is -0.254. The minimum absolute atomic E-state index is 0. The van der Waals surface area contributed by atoms with Gasteiger partial charge in [-0.2, -0.15) is 0 Å². The Hall–Kier alpha value is -0.310. The van der Waals surface area contributed by atoms with Crippen molar-refractivity contribution in [3.05, 3.63) is 34.6 Å². The van der Waals surface area contributed by atoms with Crippen molar-refractivity contribution in [1.29, 1.82) is 0 Å². The predicted molar refractivity (Wildman–Crippen MR) is 58.6 cm³/mol. The van der Waals surface area contributed by atoms with E-state index < -0.39 is 0 Å². The average molecular weight is 236 g/mol. The molecule has 0 saturated carbocycles. The Morgan fingerprint density at radius 3 is 2.71 bits per heavy atom. The summed E-state index contributed by atoms with van der Waals surface area (Å²) in [5.41, 5.74) is 0.961. The quantitative estimate of drug-likeness (QED) is 0.788. The van der Waals surface area contributed by atoms with Crippen molar-refractivity contribution in [2.75, 3.05) is 6.54 Å². The van der Waals surface area contributed by atoms with E-state index in [2.05, 4.69) is 5.32 Å². The summed E-state index contributed by atoms with van der Waals surface area (Å²) < 4.78 is 13.0. The lowest BCUT2D eigenvalue weighted by molar-refractivity contribution is 0.607. The summed E-state index contributed by atoms with van der Waals surface area (Å²) in [5, 5.41) is 3.78. The van der Waals surface area contributed by atoms with Crippen LogP contribution in [-0.4, -0.2) is 6.54 Å². The van der Waals surface area contributed by atoms with E-state index in [1.54, 1.807) is 6.07 Å². The number of hydrogen-bond acceptors (Lipinski definition) is 1. The van der Waals surface area contributed by atoms with Crippen molar-refractivity contribution in [3.63, 3.8) is 0 Å². The topological polar surface area (TPSA) is 12.0 Å². The first-order valence-corrected chi connectivity index (χ1v) is 4.83. The molecule has 0 amide bonds. The largest absolute Gasteiger partial charge is 0.310 e. The van der Waals surface area contributed by atoms with E-state index in [1.165, 1.54) is 6.07 Å². The van der Waals surface area contributed by atoms with E-state index in [4.69, 9.17) is 11.6 Å². The van der Waals surface area contributed by atoms with Crippen molar-refractivity contribution in [1.82, 2.24) is 5.32 Å². The maximum atomic E-state index is 13.0. The average Bonchev–Trinajstić information content (AvgIpc) is 2.53. The molecule has 4 heteroatoms. The van der Waals surface area contributed by atoms with Crippen LogP contribution in [0.5, 0.6) is 0 Å². The van der Waals surface area contributed by atoms with Crippen LogP contribution in [0.1, 0.15) is 24.4 Å². The van der Waals surface area contributed by atoms with Gasteiger partial charge in [0.25, 0.3) is 0 Å². The maximum absolute atomic E-state index is 13.0. The fraction of sp³-hybridized carbons (Fsp3) is 0.400. The molecule has 1 aromatic carbocycles. The molecule has 0 bridgehead atoms. The lowest BCUT2D eigenvalue weighted by Crippen LogP contribution is -2.12. The Morgan fingerprint density at radius 2 is 2.14 bits per heavy atom. The van der Waals surface area contributed by atoms with Crippen LogP contribution >= 0.6 is 24.0 Å². The Balaban J connectivity index is 0.000000980. The molecular formula is C10H12Cl2FN. The third-order valence-corrected chi connectivity index (χ3v) is 2.57. The normalized spacial score (nSPS) is 20.6. The molecule has 1 nitrogen and oxygen atoms in total. The smallest absolute Gasteiger partial charge is 0.125 e. The number of benzene rings is 1. The molecule has 0 spiro atoms. The van der Waals surface area contributed by atoms with Gasteiger partial charge in [-0.25, -0.2) is 4.39 Å². The molecule has 0 aliphatic carbocycles. The Morgan fingerprint density at radius 1 is 1.36 bits per heavy atom. The first-order valence-electron chi connectivity index (χ1n) is 4.45. The van der Waals surface area contributed by atoms with Gasteiger partial charge in [0.2, 0.25) is 0 Å². The Kier molecular flexibility index (Phi) is 4.17. The SMILES string of the molecule is Cl.Fc1cc(Cl)cc(C2CCCN2)c1. The third kappa shape index (κ3) is 2.59. The van der Waals surface area contributed by atoms with Gasteiger partial charge in [0.15, 0.2) is 0 Å². The molecular weight excluding hydrogens is 224 g/mol. The summed E-state index contributed by atoms with van der Waals surface area (Å²) in [6.07, 6.45) is 2.22. The van der Waals surface area contributed by atoms with E-state index in [-0.39, 0.29) is 24.3 Å². The molecule has 2 rings (SSSR count). The van der Waals surface area contributed by atoms with Crippen LogP contribution in [0.2, 0.25) is 5.02 Å². The van der Waals surface area contributed by atoms with E-state index in [0.717, 1.165) is 24.9 Å². The lowest BCUT2D eigenvalue weighted by Gasteiger charge is -2.10. The lowest BCUT2D eigenvalue weighted by atomic mass is 10.1. The van der Waals surface area contributed by atoms with Gasteiger partial charge in [-0.3, -0.25) is 0 Å². The predicted octanol–water partition coefficient (Wildman–Crippen LogP) is 3.33. The Bertz CT molecular complexity index is 291. The zero-order valence-corrected chi connectivity index (χ0v) is 9.17. The molecule has 14 heavy (non-hydrogen) atoms. The van der Waals surface area contributed by atoms with Gasteiger partial charge in [-0.1, -0.05) is 11.6 Å². The summed E-state index contributed by atoms with van der Waals surface area (Å²) in [6, 6.07) is 5.00. The van der Waals surface area contributed by atoms with Crippen LogP contribution < -0.4 is 5.32 Å². The van der Waals surface area contributed by atoms with Crippen LogP contribution in [-0.2, 0) is 0 Å².